The van der Waals surface area contributed by atoms with Gasteiger partial charge < -0.3 is 9.47 Å². The Morgan fingerprint density at radius 3 is 2.34 bits per heavy atom. The molecule has 0 aromatic heterocycles. The van der Waals surface area contributed by atoms with Gasteiger partial charge in [-0.3, -0.25) is 20.4 Å². The third kappa shape index (κ3) is 6.63. The number of rotatable bonds is 7. The Labute approximate surface area is 203 Å². The first-order valence-electron chi connectivity index (χ1n) is 9.51. The lowest BCUT2D eigenvalue weighted by molar-refractivity contribution is -0.133. The van der Waals surface area contributed by atoms with E-state index in [1.165, 1.54) is 13.0 Å². The number of carbonyl (C=O) groups excluding carboxylic acids is 2. The Hall–Kier alpha value is -2.74. The van der Waals surface area contributed by atoms with Crippen LogP contribution in [0.1, 0.15) is 6.92 Å². The van der Waals surface area contributed by atoms with Gasteiger partial charge in [-0.25, -0.2) is 0 Å². The zero-order valence-electron chi connectivity index (χ0n) is 16.9. The van der Waals surface area contributed by atoms with E-state index in [9.17, 15) is 9.59 Å². The van der Waals surface area contributed by atoms with Crippen LogP contribution in [0.5, 0.6) is 11.5 Å². The molecule has 0 aliphatic heterocycles. The number of hydrazine groups is 1. The topological polar surface area (TPSA) is 76.7 Å². The van der Waals surface area contributed by atoms with E-state index in [1.54, 1.807) is 18.2 Å². The number of ether oxygens (including phenoxy) is 2. The van der Waals surface area contributed by atoms with Gasteiger partial charge in [0.15, 0.2) is 12.7 Å². The molecule has 0 saturated heterocycles. The van der Waals surface area contributed by atoms with E-state index >= 15 is 0 Å². The molecule has 0 radical (unpaired) electrons. The van der Waals surface area contributed by atoms with Gasteiger partial charge in [0.1, 0.15) is 11.5 Å². The highest BCUT2D eigenvalue weighted by atomic mass is 79.9. The molecule has 3 rings (SSSR count). The molecule has 2 amide bonds. The largest absolute Gasteiger partial charge is 0.483 e. The molecule has 0 aliphatic carbocycles. The van der Waals surface area contributed by atoms with Crippen molar-refractivity contribution in [2.24, 2.45) is 0 Å². The second-order valence-corrected chi connectivity index (χ2v) is 8.37. The van der Waals surface area contributed by atoms with Gasteiger partial charge in [-0.05, 0) is 64.3 Å². The highest BCUT2D eigenvalue weighted by Gasteiger charge is 2.17. The van der Waals surface area contributed by atoms with E-state index in [-0.39, 0.29) is 11.6 Å². The SMILES string of the molecule is CC(Oc1ccc(Cl)cc1Cl)C(=O)NNC(=O)COc1ccc(-c2ccccc2)cc1Br. The Morgan fingerprint density at radius 2 is 1.66 bits per heavy atom. The molecule has 2 N–H and O–H groups in total. The zero-order valence-corrected chi connectivity index (χ0v) is 20.0. The van der Waals surface area contributed by atoms with Crippen LogP contribution < -0.4 is 20.3 Å². The van der Waals surface area contributed by atoms with Gasteiger partial charge in [0.25, 0.3) is 11.8 Å². The smallest absolute Gasteiger partial charge is 0.279 e. The molecule has 0 aliphatic rings. The van der Waals surface area contributed by atoms with Crippen LogP contribution in [0.25, 0.3) is 11.1 Å². The molecule has 6 nitrogen and oxygen atoms in total. The number of benzene rings is 3. The number of hydrogen-bond donors (Lipinski definition) is 2. The van der Waals surface area contributed by atoms with Crippen LogP contribution in [0.4, 0.5) is 0 Å². The number of carbonyl (C=O) groups is 2. The van der Waals surface area contributed by atoms with Crippen LogP contribution in [-0.4, -0.2) is 24.5 Å². The van der Waals surface area contributed by atoms with E-state index in [0.29, 0.717) is 21.0 Å². The molecule has 3 aromatic rings. The van der Waals surface area contributed by atoms with Crippen molar-refractivity contribution in [2.45, 2.75) is 13.0 Å². The average molecular weight is 538 g/mol. The van der Waals surface area contributed by atoms with Gasteiger partial charge in [0, 0.05) is 5.02 Å². The summed E-state index contributed by atoms with van der Waals surface area (Å²) in [6, 6.07) is 20.1. The normalized spacial score (nSPS) is 11.4. The molecule has 1 unspecified atom stereocenters. The summed E-state index contributed by atoms with van der Waals surface area (Å²) in [7, 11) is 0. The lowest BCUT2D eigenvalue weighted by Gasteiger charge is -2.16. The Kier molecular flexibility index (Phi) is 8.39. The van der Waals surface area contributed by atoms with Gasteiger partial charge >= 0.3 is 0 Å². The van der Waals surface area contributed by atoms with Crippen molar-refractivity contribution in [3.8, 4) is 22.6 Å². The van der Waals surface area contributed by atoms with Crippen molar-refractivity contribution in [3.05, 3.63) is 81.2 Å². The van der Waals surface area contributed by atoms with E-state index in [2.05, 4.69) is 26.8 Å². The van der Waals surface area contributed by atoms with E-state index in [4.69, 9.17) is 32.7 Å². The third-order valence-electron chi connectivity index (χ3n) is 4.29. The fourth-order valence-corrected chi connectivity index (χ4v) is 3.60. The number of hydrogen-bond acceptors (Lipinski definition) is 4. The van der Waals surface area contributed by atoms with Crippen molar-refractivity contribution in [3.63, 3.8) is 0 Å². The first-order chi connectivity index (χ1) is 15.3. The Morgan fingerprint density at radius 1 is 0.938 bits per heavy atom. The number of amides is 2. The minimum Gasteiger partial charge on any atom is -0.483 e. The van der Waals surface area contributed by atoms with Crippen LogP contribution in [0.15, 0.2) is 71.2 Å². The van der Waals surface area contributed by atoms with E-state index < -0.39 is 17.9 Å². The fraction of sp³-hybridized carbons (Fsp3) is 0.130. The molecule has 0 heterocycles. The second kappa shape index (κ2) is 11.2. The summed E-state index contributed by atoms with van der Waals surface area (Å²) in [6.45, 7) is 1.23. The molecule has 9 heteroatoms. The maximum atomic E-state index is 12.2. The molecule has 166 valence electrons. The highest BCUT2D eigenvalue weighted by Crippen LogP contribution is 2.31. The molecule has 0 saturated carbocycles. The first-order valence-corrected chi connectivity index (χ1v) is 11.1. The monoisotopic (exact) mass is 536 g/mol. The Balaban J connectivity index is 1.47. The van der Waals surface area contributed by atoms with Gasteiger partial charge in [-0.2, -0.15) is 0 Å². The predicted octanol–water partition coefficient (Wildman–Crippen LogP) is 5.42. The molecule has 0 spiro atoms. The average Bonchev–Trinajstić information content (AvgIpc) is 2.79. The highest BCUT2D eigenvalue weighted by molar-refractivity contribution is 9.10. The van der Waals surface area contributed by atoms with Crippen LogP contribution in [0.2, 0.25) is 10.0 Å². The van der Waals surface area contributed by atoms with Crippen molar-refractivity contribution in [2.75, 3.05) is 6.61 Å². The third-order valence-corrected chi connectivity index (χ3v) is 5.44. The van der Waals surface area contributed by atoms with Crippen molar-refractivity contribution >= 4 is 50.9 Å². The molecular weight excluding hydrogens is 519 g/mol. The fourth-order valence-electron chi connectivity index (χ4n) is 2.66. The van der Waals surface area contributed by atoms with Crippen molar-refractivity contribution in [1.29, 1.82) is 0 Å². The lowest BCUT2D eigenvalue weighted by Crippen LogP contribution is -2.48. The summed E-state index contributed by atoms with van der Waals surface area (Å²) in [5.41, 5.74) is 6.65. The summed E-state index contributed by atoms with van der Waals surface area (Å²) in [6.07, 6.45) is -0.908. The maximum Gasteiger partial charge on any atom is 0.279 e. The molecule has 1 atom stereocenters. The zero-order chi connectivity index (χ0) is 23.1. The van der Waals surface area contributed by atoms with Crippen LogP contribution in [0.3, 0.4) is 0 Å². The van der Waals surface area contributed by atoms with Crippen LogP contribution in [-0.2, 0) is 9.59 Å². The standard InChI is InChI=1S/C23H19BrCl2N2O4/c1-14(32-21-10-8-17(25)12-19(21)26)23(30)28-27-22(29)13-31-20-9-7-16(11-18(20)24)15-5-3-2-4-6-15/h2-12,14H,13H2,1H3,(H,27,29)(H,28,30). The minimum absolute atomic E-state index is 0.276. The number of nitrogens with one attached hydrogen (secondary N) is 2. The summed E-state index contributed by atoms with van der Waals surface area (Å²) < 4.78 is 11.7. The first kappa shape index (κ1) is 23.9. The summed E-state index contributed by atoms with van der Waals surface area (Å²) in [4.78, 5) is 24.2. The summed E-state index contributed by atoms with van der Waals surface area (Å²) in [5, 5.41) is 0.728. The van der Waals surface area contributed by atoms with Gasteiger partial charge in [-0.1, -0.05) is 59.6 Å². The lowest BCUT2D eigenvalue weighted by atomic mass is 10.1. The quantitative estimate of drug-likeness (QED) is 0.395. The molecule has 32 heavy (non-hydrogen) atoms. The minimum atomic E-state index is -0.908. The van der Waals surface area contributed by atoms with Crippen LogP contribution >= 0.6 is 39.1 Å². The van der Waals surface area contributed by atoms with E-state index in [1.807, 2.05) is 42.5 Å². The maximum absolute atomic E-state index is 12.2. The molecule has 0 bridgehead atoms. The van der Waals surface area contributed by atoms with Gasteiger partial charge in [-0.15, -0.1) is 0 Å². The van der Waals surface area contributed by atoms with Crippen LogP contribution in [0, 0.1) is 0 Å². The summed E-state index contributed by atoms with van der Waals surface area (Å²) in [5.74, 6) is -0.288. The predicted molar refractivity (Wildman–Crippen MR) is 128 cm³/mol. The van der Waals surface area contributed by atoms with Crippen molar-refractivity contribution in [1.82, 2.24) is 10.9 Å². The van der Waals surface area contributed by atoms with Gasteiger partial charge in [0.05, 0.1) is 9.50 Å². The van der Waals surface area contributed by atoms with Gasteiger partial charge in [0.2, 0.25) is 0 Å². The molecular formula is C23H19BrCl2N2O4. The molecule has 0 fully saturated rings. The second-order valence-electron chi connectivity index (χ2n) is 6.67. The van der Waals surface area contributed by atoms with Crippen molar-refractivity contribution < 1.29 is 19.1 Å². The Bertz CT molecular complexity index is 1110. The summed E-state index contributed by atoms with van der Waals surface area (Å²) >= 11 is 15.3. The van der Waals surface area contributed by atoms with E-state index in [0.717, 1.165) is 11.1 Å². The molecule has 3 aromatic carbocycles. The number of halogens is 3.